The minimum absolute atomic E-state index is 0.323. The van der Waals surface area contributed by atoms with Crippen molar-refractivity contribution in [3.8, 4) is 5.75 Å². The molecule has 0 radical (unpaired) electrons. The van der Waals surface area contributed by atoms with Gasteiger partial charge in [-0.3, -0.25) is 9.59 Å². The third kappa shape index (κ3) is 4.73. The second kappa shape index (κ2) is 8.19. The van der Waals surface area contributed by atoms with Crippen LogP contribution in [0.1, 0.15) is 31.8 Å². The van der Waals surface area contributed by atoms with Gasteiger partial charge in [0.1, 0.15) is 12.4 Å². The van der Waals surface area contributed by atoms with Crippen LogP contribution in [0.5, 0.6) is 5.75 Å². The maximum atomic E-state index is 12.7. The lowest BCUT2D eigenvalue weighted by Crippen LogP contribution is -2.15. The predicted octanol–water partition coefficient (Wildman–Crippen LogP) is 3.93. The smallest absolute Gasteiger partial charge is 0.259 e. The van der Waals surface area contributed by atoms with E-state index in [1.807, 2.05) is 37.3 Å². The summed E-state index contributed by atoms with van der Waals surface area (Å²) in [5.41, 5.74) is 8.69. The zero-order chi connectivity index (χ0) is 19.2. The van der Waals surface area contributed by atoms with Crippen molar-refractivity contribution in [2.45, 2.75) is 13.5 Å². The van der Waals surface area contributed by atoms with E-state index in [9.17, 15) is 9.59 Å². The predicted molar refractivity (Wildman–Crippen MR) is 105 cm³/mol. The lowest BCUT2D eigenvalue weighted by Gasteiger charge is -2.12. The lowest BCUT2D eigenvalue weighted by molar-refractivity contribution is 0.0995. The molecule has 27 heavy (non-hydrogen) atoms. The molecule has 0 unspecified atom stereocenters. The Morgan fingerprint density at radius 2 is 1.74 bits per heavy atom. The van der Waals surface area contributed by atoms with E-state index in [4.69, 9.17) is 10.5 Å². The van der Waals surface area contributed by atoms with E-state index in [2.05, 4.69) is 5.32 Å². The van der Waals surface area contributed by atoms with Gasteiger partial charge in [0.15, 0.2) is 0 Å². The molecule has 3 rings (SSSR count). The highest BCUT2D eigenvalue weighted by atomic mass is 16.5. The molecule has 5 heteroatoms. The first-order valence-corrected chi connectivity index (χ1v) is 8.51. The number of primary amides is 1. The Morgan fingerprint density at radius 1 is 0.963 bits per heavy atom. The Bertz CT molecular complexity index is 983. The number of nitrogens with two attached hydrogens (primary N) is 1. The molecule has 136 valence electrons. The number of aryl methyl sites for hydroxylation is 1. The van der Waals surface area contributed by atoms with Crippen molar-refractivity contribution in [3.63, 3.8) is 0 Å². The molecule has 2 amide bonds. The summed E-state index contributed by atoms with van der Waals surface area (Å²) >= 11 is 0. The van der Waals surface area contributed by atoms with Crippen molar-refractivity contribution in [1.29, 1.82) is 0 Å². The minimum atomic E-state index is -0.548. The molecule has 0 atom stereocenters. The largest absolute Gasteiger partial charge is 0.488 e. The monoisotopic (exact) mass is 360 g/mol. The van der Waals surface area contributed by atoms with Crippen LogP contribution >= 0.6 is 0 Å². The lowest BCUT2D eigenvalue weighted by atomic mass is 10.1. The number of benzene rings is 3. The fourth-order valence-corrected chi connectivity index (χ4v) is 2.69. The molecule has 0 heterocycles. The summed E-state index contributed by atoms with van der Waals surface area (Å²) in [6, 6.07) is 21.5. The van der Waals surface area contributed by atoms with Crippen LogP contribution < -0.4 is 15.8 Å². The van der Waals surface area contributed by atoms with E-state index in [0.29, 0.717) is 29.2 Å². The van der Waals surface area contributed by atoms with E-state index in [1.54, 1.807) is 36.4 Å². The molecule has 0 aliphatic carbocycles. The molecule has 3 aromatic rings. The Labute approximate surface area is 157 Å². The number of hydrogen-bond acceptors (Lipinski definition) is 3. The van der Waals surface area contributed by atoms with E-state index < -0.39 is 5.91 Å². The Morgan fingerprint density at radius 3 is 2.52 bits per heavy atom. The zero-order valence-electron chi connectivity index (χ0n) is 14.9. The van der Waals surface area contributed by atoms with Gasteiger partial charge in [0.25, 0.3) is 5.91 Å². The van der Waals surface area contributed by atoms with Crippen LogP contribution in [0.3, 0.4) is 0 Å². The number of ether oxygens (including phenoxy) is 1. The van der Waals surface area contributed by atoms with Crippen molar-refractivity contribution in [1.82, 2.24) is 0 Å². The number of amides is 2. The highest BCUT2D eigenvalue weighted by Crippen LogP contribution is 2.21. The maximum Gasteiger partial charge on any atom is 0.259 e. The normalized spacial score (nSPS) is 10.3. The van der Waals surface area contributed by atoms with Crippen molar-refractivity contribution >= 4 is 17.5 Å². The third-order valence-corrected chi connectivity index (χ3v) is 4.01. The van der Waals surface area contributed by atoms with Gasteiger partial charge < -0.3 is 15.8 Å². The molecule has 0 saturated carbocycles. The van der Waals surface area contributed by atoms with E-state index in [0.717, 1.165) is 11.1 Å². The molecule has 0 aliphatic heterocycles. The minimum Gasteiger partial charge on any atom is -0.488 e. The van der Waals surface area contributed by atoms with Gasteiger partial charge in [-0.2, -0.15) is 0 Å². The summed E-state index contributed by atoms with van der Waals surface area (Å²) in [4.78, 5) is 24.0. The average molecular weight is 360 g/mol. The van der Waals surface area contributed by atoms with Crippen LogP contribution in [0.15, 0.2) is 72.8 Å². The van der Waals surface area contributed by atoms with Crippen molar-refractivity contribution in [2.24, 2.45) is 5.73 Å². The molecule has 3 N–H and O–H groups in total. The SMILES string of the molecule is Cc1cccc(COc2ccccc2C(=O)Nc2cccc(C(N)=O)c2)c1. The fraction of sp³-hybridized carbons (Fsp3) is 0.0909. The number of carbonyl (C=O) groups excluding carboxylic acids is 2. The first kappa shape index (κ1) is 18.2. The molecule has 0 spiro atoms. The number of nitrogens with one attached hydrogen (secondary N) is 1. The van der Waals surface area contributed by atoms with Crippen LogP contribution in [0.2, 0.25) is 0 Å². The van der Waals surface area contributed by atoms with E-state index >= 15 is 0 Å². The van der Waals surface area contributed by atoms with Crippen LogP contribution in [0.4, 0.5) is 5.69 Å². The number of anilines is 1. The first-order chi connectivity index (χ1) is 13.0. The van der Waals surface area contributed by atoms with Gasteiger partial charge in [-0.1, -0.05) is 48.0 Å². The van der Waals surface area contributed by atoms with Gasteiger partial charge in [-0.15, -0.1) is 0 Å². The highest BCUT2D eigenvalue weighted by Gasteiger charge is 2.13. The Kier molecular flexibility index (Phi) is 5.52. The van der Waals surface area contributed by atoms with Gasteiger partial charge in [0, 0.05) is 11.3 Å². The Hall–Kier alpha value is -3.60. The maximum absolute atomic E-state index is 12.7. The standard InChI is InChI=1S/C22H20N2O3/c1-15-6-4-7-16(12-15)14-27-20-11-3-2-10-19(20)22(26)24-18-9-5-8-17(13-18)21(23)25/h2-13H,14H2,1H3,(H2,23,25)(H,24,26). The second-order valence-electron chi connectivity index (χ2n) is 6.17. The van der Waals surface area contributed by atoms with Crippen LogP contribution in [-0.4, -0.2) is 11.8 Å². The summed E-state index contributed by atoms with van der Waals surface area (Å²) in [5, 5.41) is 2.77. The molecule has 0 saturated heterocycles. The molecule has 0 aromatic heterocycles. The van der Waals surface area contributed by atoms with Crippen LogP contribution in [-0.2, 0) is 6.61 Å². The summed E-state index contributed by atoms with van der Waals surface area (Å²) in [7, 11) is 0. The van der Waals surface area contributed by atoms with Crippen LogP contribution in [0.25, 0.3) is 0 Å². The number of hydrogen-bond donors (Lipinski definition) is 2. The summed E-state index contributed by atoms with van der Waals surface area (Å²) in [5.74, 6) is -0.382. The third-order valence-electron chi connectivity index (χ3n) is 4.01. The highest BCUT2D eigenvalue weighted by molar-refractivity contribution is 6.06. The molecular formula is C22H20N2O3. The molecule has 0 aliphatic rings. The molecular weight excluding hydrogens is 340 g/mol. The van der Waals surface area contributed by atoms with Gasteiger partial charge in [0.2, 0.25) is 5.91 Å². The summed E-state index contributed by atoms with van der Waals surface area (Å²) in [6.07, 6.45) is 0. The number of carbonyl (C=O) groups is 2. The quantitative estimate of drug-likeness (QED) is 0.699. The van der Waals surface area contributed by atoms with Crippen molar-refractivity contribution < 1.29 is 14.3 Å². The van der Waals surface area contributed by atoms with Crippen molar-refractivity contribution in [3.05, 3.63) is 95.1 Å². The fourth-order valence-electron chi connectivity index (χ4n) is 2.69. The van der Waals surface area contributed by atoms with Crippen molar-refractivity contribution in [2.75, 3.05) is 5.32 Å². The molecule has 5 nitrogen and oxygen atoms in total. The molecule has 0 bridgehead atoms. The molecule has 3 aromatic carbocycles. The topological polar surface area (TPSA) is 81.4 Å². The number of rotatable bonds is 6. The van der Waals surface area contributed by atoms with Gasteiger partial charge >= 0.3 is 0 Å². The Balaban J connectivity index is 1.75. The summed E-state index contributed by atoms with van der Waals surface area (Å²) < 4.78 is 5.86. The molecule has 0 fully saturated rings. The van der Waals surface area contributed by atoms with Gasteiger partial charge in [0.05, 0.1) is 5.56 Å². The summed E-state index contributed by atoms with van der Waals surface area (Å²) in [6.45, 7) is 2.38. The van der Waals surface area contributed by atoms with Gasteiger partial charge in [-0.25, -0.2) is 0 Å². The second-order valence-corrected chi connectivity index (χ2v) is 6.17. The number of para-hydroxylation sites is 1. The first-order valence-electron chi connectivity index (χ1n) is 8.51. The van der Waals surface area contributed by atoms with Gasteiger partial charge in [-0.05, 0) is 42.8 Å². The van der Waals surface area contributed by atoms with E-state index in [-0.39, 0.29) is 5.91 Å². The van der Waals surface area contributed by atoms with E-state index in [1.165, 1.54) is 6.07 Å². The average Bonchev–Trinajstić information content (AvgIpc) is 2.67. The van der Waals surface area contributed by atoms with Crippen LogP contribution in [0, 0.1) is 6.92 Å². The zero-order valence-corrected chi connectivity index (χ0v) is 14.9.